The fourth-order valence-electron chi connectivity index (χ4n) is 1.76. The molecule has 0 radical (unpaired) electrons. The van der Waals surface area contributed by atoms with Gasteiger partial charge in [-0.2, -0.15) is 0 Å². The number of nitrogens with one attached hydrogen (secondary N) is 1. The monoisotopic (exact) mass is 242 g/mol. The molecule has 0 rings (SSSR count). The van der Waals surface area contributed by atoms with E-state index in [1.807, 2.05) is 6.92 Å². The van der Waals surface area contributed by atoms with Gasteiger partial charge in [-0.25, -0.2) is 0 Å². The second kappa shape index (κ2) is 8.51. The summed E-state index contributed by atoms with van der Waals surface area (Å²) in [5.74, 6) is 0.981. The molecular formula is C14H30N2O. The summed E-state index contributed by atoms with van der Waals surface area (Å²) in [6.45, 7) is 10.6. The van der Waals surface area contributed by atoms with Gasteiger partial charge >= 0.3 is 0 Å². The molecule has 0 fully saturated rings. The Kier molecular flexibility index (Phi) is 8.23. The average molecular weight is 242 g/mol. The molecule has 0 aromatic carbocycles. The summed E-state index contributed by atoms with van der Waals surface area (Å²) in [4.78, 5) is 11.8. The maximum absolute atomic E-state index is 11.8. The van der Waals surface area contributed by atoms with Crippen LogP contribution in [0.15, 0.2) is 0 Å². The van der Waals surface area contributed by atoms with Crippen LogP contribution in [0.4, 0.5) is 0 Å². The third kappa shape index (κ3) is 7.37. The lowest BCUT2D eigenvalue weighted by Gasteiger charge is -2.21. The highest BCUT2D eigenvalue weighted by molar-refractivity contribution is 5.81. The molecule has 3 N–H and O–H groups in total. The molecule has 0 aliphatic heterocycles. The Morgan fingerprint density at radius 2 is 1.76 bits per heavy atom. The van der Waals surface area contributed by atoms with Gasteiger partial charge in [0, 0.05) is 6.04 Å². The first kappa shape index (κ1) is 16.4. The molecule has 3 nitrogen and oxygen atoms in total. The second-order valence-corrected chi connectivity index (χ2v) is 5.65. The van der Waals surface area contributed by atoms with Gasteiger partial charge < -0.3 is 11.1 Å². The Bertz CT molecular complexity index is 216. The lowest BCUT2D eigenvalue weighted by Crippen LogP contribution is -2.47. The van der Waals surface area contributed by atoms with Crippen LogP contribution in [0, 0.1) is 11.8 Å². The second-order valence-electron chi connectivity index (χ2n) is 5.65. The molecule has 0 saturated heterocycles. The van der Waals surface area contributed by atoms with Crippen molar-refractivity contribution in [3.8, 4) is 0 Å². The van der Waals surface area contributed by atoms with E-state index in [9.17, 15) is 4.79 Å². The predicted molar refractivity (Wildman–Crippen MR) is 73.7 cm³/mol. The van der Waals surface area contributed by atoms with Gasteiger partial charge in [-0.05, 0) is 25.2 Å². The van der Waals surface area contributed by atoms with Crippen molar-refractivity contribution < 1.29 is 4.79 Å². The maximum atomic E-state index is 11.8. The molecule has 0 spiro atoms. The normalized spacial score (nSPS) is 16.6. The highest BCUT2D eigenvalue weighted by Crippen LogP contribution is 2.09. The molecule has 3 atom stereocenters. The van der Waals surface area contributed by atoms with Crippen LogP contribution in [0.1, 0.15) is 60.3 Å². The zero-order valence-electron chi connectivity index (χ0n) is 12.1. The van der Waals surface area contributed by atoms with E-state index >= 15 is 0 Å². The van der Waals surface area contributed by atoms with E-state index in [0.29, 0.717) is 0 Å². The molecule has 0 aliphatic carbocycles. The fraction of sp³-hybridized carbons (Fsp3) is 0.929. The van der Waals surface area contributed by atoms with Gasteiger partial charge in [-0.15, -0.1) is 0 Å². The summed E-state index contributed by atoms with van der Waals surface area (Å²) in [5.41, 5.74) is 5.88. The summed E-state index contributed by atoms with van der Waals surface area (Å²) < 4.78 is 0. The Labute approximate surface area is 107 Å². The van der Waals surface area contributed by atoms with E-state index < -0.39 is 0 Å². The third-order valence-electron chi connectivity index (χ3n) is 3.37. The Morgan fingerprint density at radius 1 is 1.18 bits per heavy atom. The number of nitrogens with two attached hydrogens (primary N) is 1. The smallest absolute Gasteiger partial charge is 0.237 e. The van der Waals surface area contributed by atoms with Crippen molar-refractivity contribution >= 4 is 5.91 Å². The van der Waals surface area contributed by atoms with Crippen LogP contribution in [0.3, 0.4) is 0 Å². The van der Waals surface area contributed by atoms with E-state index in [0.717, 1.165) is 25.2 Å². The molecule has 1 amide bonds. The maximum Gasteiger partial charge on any atom is 0.237 e. The first-order valence-corrected chi connectivity index (χ1v) is 6.94. The first-order valence-electron chi connectivity index (χ1n) is 6.94. The van der Waals surface area contributed by atoms with Crippen LogP contribution in [0.2, 0.25) is 0 Å². The molecule has 0 heterocycles. The number of amides is 1. The predicted octanol–water partition coefficient (Wildman–Crippen LogP) is 2.69. The van der Waals surface area contributed by atoms with Gasteiger partial charge in [0.15, 0.2) is 0 Å². The largest absolute Gasteiger partial charge is 0.352 e. The molecule has 0 saturated carbocycles. The van der Waals surface area contributed by atoms with Crippen LogP contribution in [-0.4, -0.2) is 18.0 Å². The van der Waals surface area contributed by atoms with Gasteiger partial charge in [0.2, 0.25) is 5.91 Å². The van der Waals surface area contributed by atoms with Crippen molar-refractivity contribution in [2.24, 2.45) is 17.6 Å². The summed E-state index contributed by atoms with van der Waals surface area (Å²) >= 11 is 0. The summed E-state index contributed by atoms with van der Waals surface area (Å²) in [6, 6.07) is -0.135. The van der Waals surface area contributed by atoms with Gasteiger partial charge in [0.05, 0.1) is 6.04 Å². The van der Waals surface area contributed by atoms with Crippen molar-refractivity contribution in [3.05, 3.63) is 0 Å². The van der Waals surface area contributed by atoms with Gasteiger partial charge in [0.25, 0.3) is 0 Å². The SMILES string of the molecule is CCC(C)C(N)C(=O)NC(C)CCCC(C)C. The third-order valence-corrected chi connectivity index (χ3v) is 3.37. The van der Waals surface area contributed by atoms with E-state index in [1.54, 1.807) is 0 Å². The number of rotatable bonds is 8. The van der Waals surface area contributed by atoms with Gasteiger partial charge in [-0.1, -0.05) is 47.0 Å². The highest BCUT2D eigenvalue weighted by atomic mass is 16.2. The minimum Gasteiger partial charge on any atom is -0.352 e. The van der Waals surface area contributed by atoms with E-state index in [-0.39, 0.29) is 23.9 Å². The lowest BCUT2D eigenvalue weighted by atomic mass is 9.98. The zero-order chi connectivity index (χ0) is 13.4. The topological polar surface area (TPSA) is 55.1 Å². The molecule has 0 bridgehead atoms. The van der Waals surface area contributed by atoms with Crippen LogP contribution >= 0.6 is 0 Å². The number of carbonyl (C=O) groups excluding carboxylic acids is 1. The van der Waals surface area contributed by atoms with E-state index in [1.165, 1.54) is 6.42 Å². The standard InChI is InChI=1S/C14H30N2O/c1-6-11(4)13(15)14(17)16-12(5)9-7-8-10(2)3/h10-13H,6-9,15H2,1-5H3,(H,16,17). The first-order chi connectivity index (χ1) is 7.88. The quantitative estimate of drug-likeness (QED) is 0.687. The van der Waals surface area contributed by atoms with Crippen LogP contribution in [0.5, 0.6) is 0 Å². The molecular weight excluding hydrogens is 212 g/mol. The number of hydrogen-bond acceptors (Lipinski definition) is 2. The molecule has 0 aromatic heterocycles. The number of hydrogen-bond donors (Lipinski definition) is 2. The fourth-order valence-corrected chi connectivity index (χ4v) is 1.76. The number of carbonyl (C=O) groups is 1. The van der Waals surface area contributed by atoms with Gasteiger partial charge in [-0.3, -0.25) is 4.79 Å². The zero-order valence-corrected chi connectivity index (χ0v) is 12.1. The molecule has 3 heteroatoms. The van der Waals surface area contributed by atoms with E-state index in [4.69, 9.17) is 5.73 Å². The Balaban J connectivity index is 3.87. The average Bonchev–Trinajstić information content (AvgIpc) is 2.26. The minimum atomic E-state index is -0.368. The molecule has 17 heavy (non-hydrogen) atoms. The van der Waals surface area contributed by atoms with Crippen molar-refractivity contribution in [2.75, 3.05) is 0 Å². The Hall–Kier alpha value is -0.570. The van der Waals surface area contributed by atoms with Crippen LogP contribution in [-0.2, 0) is 4.79 Å². The lowest BCUT2D eigenvalue weighted by molar-refractivity contribution is -0.124. The highest BCUT2D eigenvalue weighted by Gasteiger charge is 2.20. The minimum absolute atomic E-state index is 0.00334. The molecule has 0 aromatic rings. The summed E-state index contributed by atoms with van der Waals surface area (Å²) in [7, 11) is 0. The Morgan fingerprint density at radius 3 is 2.24 bits per heavy atom. The van der Waals surface area contributed by atoms with Crippen molar-refractivity contribution in [1.82, 2.24) is 5.32 Å². The molecule has 0 aliphatic rings. The summed E-state index contributed by atoms with van der Waals surface area (Å²) in [5, 5.41) is 3.00. The van der Waals surface area contributed by atoms with E-state index in [2.05, 4.69) is 33.0 Å². The summed E-state index contributed by atoms with van der Waals surface area (Å²) in [6.07, 6.45) is 4.36. The van der Waals surface area contributed by atoms with Crippen molar-refractivity contribution in [1.29, 1.82) is 0 Å². The van der Waals surface area contributed by atoms with Crippen molar-refractivity contribution in [2.45, 2.75) is 72.4 Å². The van der Waals surface area contributed by atoms with Gasteiger partial charge in [0.1, 0.15) is 0 Å². The molecule has 3 unspecified atom stereocenters. The van der Waals surface area contributed by atoms with Crippen molar-refractivity contribution in [3.63, 3.8) is 0 Å². The van der Waals surface area contributed by atoms with Crippen LogP contribution in [0.25, 0.3) is 0 Å². The molecule has 102 valence electrons. The van der Waals surface area contributed by atoms with Crippen LogP contribution < -0.4 is 11.1 Å².